The molecule has 1 fully saturated rings. The van der Waals surface area contributed by atoms with Gasteiger partial charge in [-0.05, 0) is 43.4 Å². The molecule has 2 rings (SSSR count). The van der Waals surface area contributed by atoms with Gasteiger partial charge in [0.2, 0.25) is 15.9 Å². The van der Waals surface area contributed by atoms with Crippen molar-refractivity contribution in [3.63, 3.8) is 0 Å². The van der Waals surface area contributed by atoms with Gasteiger partial charge >= 0.3 is 0 Å². The molecule has 1 aromatic rings. The van der Waals surface area contributed by atoms with E-state index in [0.29, 0.717) is 19.0 Å². The number of benzene rings is 1. The van der Waals surface area contributed by atoms with Gasteiger partial charge in [-0.2, -0.15) is 4.31 Å². The summed E-state index contributed by atoms with van der Waals surface area (Å²) in [6.45, 7) is 2.94. The van der Waals surface area contributed by atoms with E-state index in [1.165, 1.54) is 22.5 Å². The van der Waals surface area contributed by atoms with E-state index >= 15 is 0 Å². The summed E-state index contributed by atoms with van der Waals surface area (Å²) in [7, 11) is -3.64. The standard InChI is InChI=1S/C14H21N3O3S/c1-2-7-17(9-10-3-4-10)21(19,20)13-6-5-11(14(16)18)8-12(13)15/h5-6,8,10H,2-4,7,9,15H2,1H3,(H2,16,18). The first-order valence-electron chi connectivity index (χ1n) is 7.05. The van der Waals surface area contributed by atoms with Crippen LogP contribution in [0.4, 0.5) is 5.69 Å². The zero-order valence-electron chi connectivity index (χ0n) is 12.1. The molecule has 6 nitrogen and oxygen atoms in total. The van der Waals surface area contributed by atoms with Crippen molar-refractivity contribution < 1.29 is 13.2 Å². The van der Waals surface area contributed by atoms with Gasteiger partial charge in [0.15, 0.2) is 0 Å². The van der Waals surface area contributed by atoms with E-state index in [9.17, 15) is 13.2 Å². The summed E-state index contributed by atoms with van der Waals surface area (Å²) < 4.78 is 26.9. The molecule has 0 bridgehead atoms. The second kappa shape index (κ2) is 6.03. The topological polar surface area (TPSA) is 106 Å². The Morgan fingerprint density at radius 3 is 2.52 bits per heavy atom. The van der Waals surface area contributed by atoms with Gasteiger partial charge in [-0.15, -0.1) is 0 Å². The molecule has 7 heteroatoms. The number of nitrogen functional groups attached to an aromatic ring is 1. The number of amides is 1. The fourth-order valence-electron chi connectivity index (χ4n) is 2.22. The number of nitrogens with zero attached hydrogens (tertiary/aromatic N) is 1. The second-order valence-corrected chi connectivity index (χ2v) is 7.33. The molecule has 0 radical (unpaired) electrons. The minimum Gasteiger partial charge on any atom is -0.398 e. The number of nitrogens with two attached hydrogens (primary N) is 2. The minimum atomic E-state index is -3.64. The second-order valence-electron chi connectivity index (χ2n) is 5.42. The van der Waals surface area contributed by atoms with E-state index in [1.807, 2.05) is 6.92 Å². The average Bonchev–Trinajstić information content (AvgIpc) is 3.21. The summed E-state index contributed by atoms with van der Waals surface area (Å²) in [4.78, 5) is 11.2. The highest BCUT2D eigenvalue weighted by Crippen LogP contribution is 2.32. The first-order chi connectivity index (χ1) is 9.86. The van der Waals surface area contributed by atoms with Crippen molar-refractivity contribution in [1.82, 2.24) is 4.31 Å². The van der Waals surface area contributed by atoms with Gasteiger partial charge in [0.05, 0.1) is 5.69 Å². The van der Waals surface area contributed by atoms with Gasteiger partial charge in [0, 0.05) is 18.7 Å². The quantitative estimate of drug-likeness (QED) is 0.737. The van der Waals surface area contributed by atoms with Crippen LogP contribution in [-0.4, -0.2) is 31.7 Å². The van der Waals surface area contributed by atoms with Crippen molar-refractivity contribution in [2.24, 2.45) is 11.7 Å². The Hall–Kier alpha value is -1.60. The Bertz CT molecular complexity index is 639. The number of hydrogen-bond donors (Lipinski definition) is 2. The van der Waals surface area contributed by atoms with Crippen LogP contribution in [0.25, 0.3) is 0 Å². The first-order valence-corrected chi connectivity index (χ1v) is 8.49. The molecule has 0 aliphatic heterocycles. The number of carbonyl (C=O) groups is 1. The molecule has 0 heterocycles. The van der Waals surface area contributed by atoms with Crippen molar-refractivity contribution in [1.29, 1.82) is 0 Å². The van der Waals surface area contributed by atoms with E-state index in [2.05, 4.69) is 0 Å². The molecule has 21 heavy (non-hydrogen) atoms. The van der Waals surface area contributed by atoms with Crippen LogP contribution >= 0.6 is 0 Å². The third kappa shape index (κ3) is 3.54. The lowest BCUT2D eigenvalue weighted by Crippen LogP contribution is -2.34. The van der Waals surface area contributed by atoms with Crippen LogP contribution in [0.1, 0.15) is 36.5 Å². The number of carbonyl (C=O) groups excluding carboxylic acids is 1. The van der Waals surface area contributed by atoms with Crippen molar-refractivity contribution in [2.45, 2.75) is 31.1 Å². The summed E-state index contributed by atoms with van der Waals surface area (Å²) in [5, 5.41) is 0. The van der Waals surface area contributed by atoms with Gasteiger partial charge in [0.1, 0.15) is 4.90 Å². The van der Waals surface area contributed by atoms with Crippen molar-refractivity contribution in [3.05, 3.63) is 23.8 Å². The molecule has 1 aliphatic rings. The molecule has 0 aromatic heterocycles. The Morgan fingerprint density at radius 2 is 2.05 bits per heavy atom. The largest absolute Gasteiger partial charge is 0.398 e. The highest BCUT2D eigenvalue weighted by atomic mass is 32.2. The molecular formula is C14H21N3O3S. The van der Waals surface area contributed by atoms with E-state index < -0.39 is 15.9 Å². The maximum Gasteiger partial charge on any atom is 0.248 e. The number of sulfonamides is 1. The monoisotopic (exact) mass is 311 g/mol. The summed E-state index contributed by atoms with van der Waals surface area (Å²) >= 11 is 0. The molecule has 1 amide bonds. The fourth-order valence-corrected chi connectivity index (χ4v) is 3.93. The number of hydrogen-bond acceptors (Lipinski definition) is 4. The van der Waals surface area contributed by atoms with Gasteiger partial charge < -0.3 is 11.5 Å². The number of primary amides is 1. The highest BCUT2D eigenvalue weighted by molar-refractivity contribution is 7.89. The lowest BCUT2D eigenvalue weighted by Gasteiger charge is -2.22. The molecule has 1 aliphatic carbocycles. The Labute approximate surface area is 125 Å². The lowest BCUT2D eigenvalue weighted by molar-refractivity contribution is 0.1000. The predicted octanol–water partition coefficient (Wildman–Crippen LogP) is 1.18. The van der Waals surface area contributed by atoms with E-state index in [-0.39, 0.29) is 16.1 Å². The van der Waals surface area contributed by atoms with Crippen LogP contribution < -0.4 is 11.5 Å². The molecule has 116 valence electrons. The lowest BCUT2D eigenvalue weighted by atomic mass is 10.2. The normalized spacial score (nSPS) is 15.3. The van der Waals surface area contributed by atoms with Crippen LogP contribution in [-0.2, 0) is 10.0 Å². The molecule has 1 aromatic carbocycles. The predicted molar refractivity (Wildman–Crippen MR) is 81.1 cm³/mol. The van der Waals surface area contributed by atoms with E-state index in [4.69, 9.17) is 11.5 Å². The van der Waals surface area contributed by atoms with Gasteiger partial charge in [-0.1, -0.05) is 6.92 Å². The maximum absolute atomic E-state index is 12.7. The molecule has 1 saturated carbocycles. The zero-order valence-corrected chi connectivity index (χ0v) is 12.9. The van der Waals surface area contributed by atoms with Gasteiger partial charge in [0.25, 0.3) is 0 Å². The third-order valence-corrected chi connectivity index (χ3v) is 5.48. The maximum atomic E-state index is 12.7. The minimum absolute atomic E-state index is 0.0431. The fraction of sp³-hybridized carbons (Fsp3) is 0.500. The smallest absolute Gasteiger partial charge is 0.248 e. The number of rotatable bonds is 7. The van der Waals surface area contributed by atoms with Crippen LogP contribution in [0.5, 0.6) is 0 Å². The first kappa shape index (κ1) is 15.8. The summed E-state index contributed by atoms with van der Waals surface area (Å²) in [5.74, 6) is -0.175. The average molecular weight is 311 g/mol. The van der Waals surface area contributed by atoms with Crippen molar-refractivity contribution in [3.8, 4) is 0 Å². The van der Waals surface area contributed by atoms with Crippen LogP contribution in [0.2, 0.25) is 0 Å². The molecule has 0 unspecified atom stereocenters. The third-order valence-electron chi connectivity index (χ3n) is 3.54. The Morgan fingerprint density at radius 1 is 1.38 bits per heavy atom. The van der Waals surface area contributed by atoms with Gasteiger partial charge in [-0.3, -0.25) is 4.79 Å². The van der Waals surface area contributed by atoms with E-state index in [1.54, 1.807) is 0 Å². The van der Waals surface area contributed by atoms with Crippen LogP contribution in [0.15, 0.2) is 23.1 Å². The molecular weight excluding hydrogens is 290 g/mol. The van der Waals surface area contributed by atoms with Crippen LogP contribution in [0, 0.1) is 5.92 Å². The molecule has 0 saturated heterocycles. The number of anilines is 1. The van der Waals surface area contributed by atoms with Crippen molar-refractivity contribution >= 4 is 21.6 Å². The van der Waals surface area contributed by atoms with Gasteiger partial charge in [-0.25, -0.2) is 8.42 Å². The summed E-state index contributed by atoms with van der Waals surface area (Å²) in [6.07, 6.45) is 2.89. The molecule has 0 atom stereocenters. The Kier molecular flexibility index (Phi) is 4.53. The SMILES string of the molecule is CCCN(CC1CC1)S(=O)(=O)c1ccc(C(N)=O)cc1N. The highest BCUT2D eigenvalue weighted by Gasteiger charge is 2.32. The summed E-state index contributed by atoms with van der Waals surface area (Å²) in [5.41, 5.74) is 11.2. The van der Waals surface area contributed by atoms with E-state index in [0.717, 1.165) is 19.3 Å². The molecule has 0 spiro atoms. The van der Waals surface area contributed by atoms with Crippen LogP contribution in [0.3, 0.4) is 0 Å². The molecule has 4 N–H and O–H groups in total. The zero-order chi connectivity index (χ0) is 15.6. The van der Waals surface area contributed by atoms with Crippen molar-refractivity contribution in [2.75, 3.05) is 18.8 Å². The summed E-state index contributed by atoms with van der Waals surface area (Å²) in [6, 6.07) is 4.07. The Balaban J connectivity index is 2.34.